The zero-order valence-corrected chi connectivity index (χ0v) is 10.2. The highest BCUT2D eigenvalue weighted by atomic mass is 16.4. The van der Waals surface area contributed by atoms with Gasteiger partial charge in [-0.25, -0.2) is 0 Å². The maximum atomic E-state index is 5.64. The number of nitrogens with two attached hydrogens (primary N) is 1. The Morgan fingerprint density at radius 1 is 1.00 bits per heavy atom. The third-order valence-corrected chi connectivity index (χ3v) is 2.69. The summed E-state index contributed by atoms with van der Waals surface area (Å²) in [5.41, 5.74) is 8.13. The zero-order valence-electron chi connectivity index (χ0n) is 10.2. The molecule has 0 radical (unpaired) electrons. The summed E-state index contributed by atoms with van der Waals surface area (Å²) in [4.78, 5) is 4.17. The summed E-state index contributed by atoms with van der Waals surface area (Å²) in [6.07, 6.45) is 2.28. The Labute approximate surface area is 110 Å². The first-order valence-electron chi connectivity index (χ1n) is 5.89. The fourth-order valence-corrected chi connectivity index (χ4v) is 1.73. The quantitative estimate of drug-likeness (QED) is 0.724. The molecule has 0 atom stereocenters. The third kappa shape index (κ3) is 2.60. The van der Waals surface area contributed by atoms with Crippen molar-refractivity contribution < 1.29 is 4.42 Å². The molecule has 3 aromatic rings. The van der Waals surface area contributed by atoms with Gasteiger partial charge in [-0.05, 0) is 29.8 Å². The molecule has 0 bridgehead atoms. The van der Waals surface area contributed by atoms with E-state index < -0.39 is 0 Å². The van der Waals surface area contributed by atoms with E-state index in [2.05, 4.69) is 15.2 Å². The molecule has 0 aliphatic rings. The van der Waals surface area contributed by atoms with Crippen LogP contribution in [0.1, 0.15) is 11.5 Å². The Morgan fingerprint density at radius 2 is 1.84 bits per heavy atom. The molecule has 2 heterocycles. The Bertz CT molecular complexity index is 661. The van der Waals surface area contributed by atoms with Crippen LogP contribution in [0.3, 0.4) is 0 Å². The van der Waals surface area contributed by atoms with Gasteiger partial charge in [-0.1, -0.05) is 18.2 Å². The van der Waals surface area contributed by atoms with E-state index in [0.29, 0.717) is 23.9 Å². The lowest BCUT2D eigenvalue weighted by molar-refractivity contribution is 0.516. The first-order chi connectivity index (χ1) is 9.31. The highest BCUT2D eigenvalue weighted by molar-refractivity contribution is 5.45. The van der Waals surface area contributed by atoms with E-state index in [1.165, 1.54) is 0 Å². The maximum absolute atomic E-state index is 5.64. The molecule has 5 heteroatoms. The zero-order chi connectivity index (χ0) is 13.1. The Morgan fingerprint density at radius 3 is 2.58 bits per heavy atom. The lowest BCUT2D eigenvalue weighted by atomic mass is 10.1. The summed E-state index contributed by atoms with van der Waals surface area (Å²) >= 11 is 0. The number of nitrogen functional groups attached to an aromatic ring is 1. The van der Waals surface area contributed by atoms with Crippen LogP contribution in [0.15, 0.2) is 53.1 Å². The molecule has 1 aromatic carbocycles. The van der Waals surface area contributed by atoms with Gasteiger partial charge >= 0.3 is 0 Å². The maximum Gasteiger partial charge on any atom is 0.266 e. The van der Waals surface area contributed by atoms with Crippen molar-refractivity contribution in [3.8, 4) is 11.6 Å². The molecule has 2 N–H and O–H groups in total. The second kappa shape index (κ2) is 4.89. The molecule has 0 fully saturated rings. The highest BCUT2D eigenvalue weighted by Crippen LogP contribution is 2.16. The first-order valence-corrected chi connectivity index (χ1v) is 5.89. The van der Waals surface area contributed by atoms with Gasteiger partial charge in [-0.15, -0.1) is 10.2 Å². The number of nitrogens with zero attached hydrogens (tertiary/aromatic N) is 3. The number of benzene rings is 1. The summed E-state index contributed by atoms with van der Waals surface area (Å²) in [5.74, 6) is 0.997. The minimum atomic E-state index is 0.436. The van der Waals surface area contributed by atoms with Crippen molar-refractivity contribution in [3.63, 3.8) is 0 Å². The molecular weight excluding hydrogens is 240 g/mol. The number of rotatable bonds is 3. The summed E-state index contributed by atoms with van der Waals surface area (Å²) in [5, 5.41) is 8.02. The molecule has 0 aliphatic heterocycles. The van der Waals surface area contributed by atoms with Gasteiger partial charge in [0.15, 0.2) is 0 Å². The monoisotopic (exact) mass is 252 g/mol. The molecule has 0 saturated carbocycles. The van der Waals surface area contributed by atoms with Crippen LogP contribution in [0.4, 0.5) is 5.69 Å². The van der Waals surface area contributed by atoms with E-state index in [0.717, 1.165) is 11.3 Å². The first kappa shape index (κ1) is 11.4. The van der Waals surface area contributed by atoms with Crippen LogP contribution in [0.2, 0.25) is 0 Å². The van der Waals surface area contributed by atoms with E-state index in [-0.39, 0.29) is 0 Å². The molecule has 19 heavy (non-hydrogen) atoms. The molecule has 3 rings (SSSR count). The fraction of sp³-hybridized carbons (Fsp3) is 0.0714. The van der Waals surface area contributed by atoms with Crippen molar-refractivity contribution in [2.45, 2.75) is 6.42 Å². The molecule has 0 saturated heterocycles. The lowest BCUT2D eigenvalue weighted by Crippen LogP contribution is -1.90. The Kier molecular flexibility index (Phi) is 2.94. The molecular formula is C14H12N4O. The Hall–Kier alpha value is -2.69. The topological polar surface area (TPSA) is 77.8 Å². The van der Waals surface area contributed by atoms with Crippen molar-refractivity contribution in [2.24, 2.45) is 0 Å². The van der Waals surface area contributed by atoms with Crippen molar-refractivity contribution in [3.05, 3.63) is 60.1 Å². The van der Waals surface area contributed by atoms with Crippen molar-refractivity contribution in [1.82, 2.24) is 15.2 Å². The minimum absolute atomic E-state index is 0.436. The Balaban J connectivity index is 1.80. The number of hydrogen-bond acceptors (Lipinski definition) is 5. The standard InChI is InChI=1S/C14H12N4O/c15-11-6-4-10(5-7-11)9-13-17-18-14(19-13)12-3-1-2-8-16-12/h1-8H,9,15H2. The SMILES string of the molecule is Nc1ccc(Cc2nnc(-c3ccccn3)o2)cc1. The predicted molar refractivity (Wildman–Crippen MR) is 71.2 cm³/mol. The molecule has 0 unspecified atom stereocenters. The predicted octanol–water partition coefficient (Wildman–Crippen LogP) is 2.30. The minimum Gasteiger partial charge on any atom is -0.419 e. The van der Waals surface area contributed by atoms with Gasteiger partial charge in [0, 0.05) is 11.9 Å². The fourth-order valence-electron chi connectivity index (χ4n) is 1.73. The second-order valence-corrected chi connectivity index (χ2v) is 4.13. The van der Waals surface area contributed by atoms with Gasteiger partial charge in [-0.3, -0.25) is 4.98 Å². The van der Waals surface area contributed by atoms with Crippen LogP contribution >= 0.6 is 0 Å². The van der Waals surface area contributed by atoms with Gasteiger partial charge in [0.1, 0.15) is 5.69 Å². The van der Waals surface area contributed by atoms with Crippen LogP contribution < -0.4 is 5.73 Å². The van der Waals surface area contributed by atoms with E-state index in [4.69, 9.17) is 10.2 Å². The third-order valence-electron chi connectivity index (χ3n) is 2.69. The van der Waals surface area contributed by atoms with E-state index in [1.807, 2.05) is 42.5 Å². The van der Waals surface area contributed by atoms with Crippen LogP contribution in [0, 0.1) is 0 Å². The number of pyridine rings is 1. The van der Waals surface area contributed by atoms with Crippen LogP contribution in [0.25, 0.3) is 11.6 Å². The summed E-state index contributed by atoms with van der Waals surface area (Å²) in [6, 6.07) is 13.2. The second-order valence-electron chi connectivity index (χ2n) is 4.13. The molecule has 5 nitrogen and oxygen atoms in total. The number of anilines is 1. The summed E-state index contributed by atoms with van der Waals surface area (Å²) < 4.78 is 5.59. The van der Waals surface area contributed by atoms with Crippen LogP contribution in [-0.2, 0) is 6.42 Å². The average Bonchev–Trinajstić information content (AvgIpc) is 2.91. The van der Waals surface area contributed by atoms with Crippen molar-refractivity contribution >= 4 is 5.69 Å². The van der Waals surface area contributed by atoms with Crippen molar-refractivity contribution in [1.29, 1.82) is 0 Å². The number of aromatic nitrogens is 3. The number of hydrogen-bond donors (Lipinski definition) is 1. The van der Waals surface area contributed by atoms with Crippen LogP contribution in [-0.4, -0.2) is 15.2 Å². The van der Waals surface area contributed by atoms with Crippen LogP contribution in [0.5, 0.6) is 0 Å². The summed E-state index contributed by atoms with van der Waals surface area (Å²) in [6.45, 7) is 0. The molecule has 0 aliphatic carbocycles. The van der Waals surface area contributed by atoms with E-state index in [9.17, 15) is 0 Å². The van der Waals surface area contributed by atoms with Gasteiger partial charge < -0.3 is 10.2 Å². The molecule has 0 amide bonds. The van der Waals surface area contributed by atoms with E-state index in [1.54, 1.807) is 6.20 Å². The largest absolute Gasteiger partial charge is 0.419 e. The highest BCUT2D eigenvalue weighted by Gasteiger charge is 2.09. The van der Waals surface area contributed by atoms with Gasteiger partial charge in [0.05, 0.1) is 6.42 Å². The molecule has 94 valence electrons. The summed E-state index contributed by atoms with van der Waals surface area (Å²) in [7, 11) is 0. The average molecular weight is 252 g/mol. The van der Waals surface area contributed by atoms with Gasteiger partial charge in [-0.2, -0.15) is 0 Å². The molecule has 0 spiro atoms. The lowest BCUT2D eigenvalue weighted by Gasteiger charge is -1.97. The van der Waals surface area contributed by atoms with Crippen molar-refractivity contribution in [2.75, 3.05) is 5.73 Å². The van der Waals surface area contributed by atoms with Gasteiger partial charge in [0.2, 0.25) is 5.89 Å². The smallest absolute Gasteiger partial charge is 0.266 e. The van der Waals surface area contributed by atoms with E-state index >= 15 is 0 Å². The molecule has 2 aromatic heterocycles. The van der Waals surface area contributed by atoms with Gasteiger partial charge in [0.25, 0.3) is 5.89 Å². The normalized spacial score (nSPS) is 10.5.